The molecule has 5 nitrogen and oxygen atoms in total. The van der Waals surface area contributed by atoms with Crippen LogP contribution in [0.2, 0.25) is 0 Å². The molecule has 2 fully saturated rings. The predicted octanol–water partition coefficient (Wildman–Crippen LogP) is 5.55. The maximum absolute atomic E-state index is 11.8. The molecule has 1 saturated carbocycles. The quantitative estimate of drug-likeness (QED) is 0.570. The van der Waals surface area contributed by atoms with Gasteiger partial charge >= 0.3 is 5.97 Å². The highest BCUT2D eigenvalue weighted by Crippen LogP contribution is 2.31. The average Bonchev–Trinajstić information content (AvgIpc) is 2.84. The molecular formula is C28H37NO4. The molecule has 4 rings (SSSR count). The van der Waals surface area contributed by atoms with Gasteiger partial charge in [0.05, 0.1) is 31.5 Å². The molecule has 0 spiro atoms. The van der Waals surface area contributed by atoms with Crippen LogP contribution in [0.4, 0.5) is 0 Å². The minimum Gasteiger partial charge on any atom is -0.478 e. The molecule has 1 aliphatic carbocycles. The number of benzene rings is 2. The van der Waals surface area contributed by atoms with Crippen molar-refractivity contribution in [1.29, 1.82) is 0 Å². The standard InChI is InChI=1S/C28H37NO4/c1-20-8-6-7-11-24(20)26-16-22(12-13-25(26)28(30)31)18-33-21(2)17-29-14-15-32-19-27(29)23-9-4-3-5-10-23/h6-8,11-13,16,21,23,27H,3-5,9-10,14-15,17-19H2,1-2H3,(H,30,31). The zero-order valence-corrected chi connectivity index (χ0v) is 20.0. The molecule has 178 valence electrons. The van der Waals surface area contributed by atoms with Crippen molar-refractivity contribution in [3.63, 3.8) is 0 Å². The highest BCUT2D eigenvalue weighted by atomic mass is 16.5. The van der Waals surface area contributed by atoms with Crippen molar-refractivity contribution in [3.8, 4) is 11.1 Å². The summed E-state index contributed by atoms with van der Waals surface area (Å²) in [4.78, 5) is 14.4. The third kappa shape index (κ3) is 6.03. The number of carboxylic acids is 1. The van der Waals surface area contributed by atoms with E-state index in [1.54, 1.807) is 6.07 Å². The van der Waals surface area contributed by atoms with E-state index < -0.39 is 5.97 Å². The van der Waals surface area contributed by atoms with Crippen molar-refractivity contribution in [2.24, 2.45) is 5.92 Å². The van der Waals surface area contributed by atoms with Gasteiger partial charge in [-0.2, -0.15) is 0 Å². The Bertz CT molecular complexity index is 937. The lowest BCUT2D eigenvalue weighted by Gasteiger charge is -2.42. The second kappa shape index (κ2) is 11.3. The molecule has 0 radical (unpaired) electrons. The van der Waals surface area contributed by atoms with Gasteiger partial charge in [0.1, 0.15) is 0 Å². The van der Waals surface area contributed by atoms with E-state index in [1.807, 2.05) is 43.3 Å². The van der Waals surface area contributed by atoms with Gasteiger partial charge in [0, 0.05) is 19.1 Å². The zero-order chi connectivity index (χ0) is 23.2. The van der Waals surface area contributed by atoms with Gasteiger partial charge in [-0.25, -0.2) is 4.79 Å². The zero-order valence-electron chi connectivity index (χ0n) is 20.0. The summed E-state index contributed by atoms with van der Waals surface area (Å²) in [6.07, 6.45) is 6.78. The van der Waals surface area contributed by atoms with Gasteiger partial charge in [0.2, 0.25) is 0 Å². The van der Waals surface area contributed by atoms with Crippen molar-refractivity contribution in [2.45, 2.75) is 64.7 Å². The molecule has 0 amide bonds. The molecule has 0 aromatic heterocycles. The van der Waals surface area contributed by atoms with Crippen LogP contribution in [0.5, 0.6) is 0 Å². The number of ether oxygens (including phenoxy) is 2. The Hall–Kier alpha value is -2.21. The second-order valence-electron chi connectivity index (χ2n) is 9.66. The summed E-state index contributed by atoms with van der Waals surface area (Å²) in [5, 5.41) is 9.69. The summed E-state index contributed by atoms with van der Waals surface area (Å²) in [7, 11) is 0. The van der Waals surface area contributed by atoms with E-state index in [9.17, 15) is 9.90 Å². The van der Waals surface area contributed by atoms with Gasteiger partial charge in [0.15, 0.2) is 0 Å². The summed E-state index contributed by atoms with van der Waals surface area (Å²) in [5.74, 6) is -0.165. The molecule has 1 aliphatic heterocycles. The minimum absolute atomic E-state index is 0.0928. The maximum atomic E-state index is 11.8. The lowest BCUT2D eigenvalue weighted by molar-refractivity contribution is -0.0624. The van der Waals surface area contributed by atoms with E-state index in [-0.39, 0.29) is 6.10 Å². The van der Waals surface area contributed by atoms with Crippen LogP contribution in [0.25, 0.3) is 11.1 Å². The van der Waals surface area contributed by atoms with Gasteiger partial charge < -0.3 is 14.6 Å². The fourth-order valence-electron chi connectivity index (χ4n) is 5.42. The van der Waals surface area contributed by atoms with E-state index in [0.717, 1.165) is 54.5 Å². The third-order valence-corrected chi connectivity index (χ3v) is 7.25. The van der Waals surface area contributed by atoms with Crippen LogP contribution in [-0.4, -0.2) is 54.4 Å². The largest absolute Gasteiger partial charge is 0.478 e. The first-order valence-corrected chi connectivity index (χ1v) is 12.4. The monoisotopic (exact) mass is 451 g/mol. The van der Waals surface area contributed by atoms with Crippen LogP contribution in [0, 0.1) is 12.8 Å². The second-order valence-corrected chi connectivity index (χ2v) is 9.66. The SMILES string of the molecule is Cc1ccccc1-c1cc(COC(C)CN2CCOCC2C2CCCCC2)ccc1C(=O)O. The first kappa shape index (κ1) is 23.9. The molecule has 2 aliphatic rings. The van der Waals surface area contributed by atoms with Crippen molar-refractivity contribution >= 4 is 5.97 Å². The number of aromatic carboxylic acids is 1. The lowest BCUT2D eigenvalue weighted by atomic mass is 9.83. The minimum atomic E-state index is -0.907. The molecule has 5 heteroatoms. The average molecular weight is 452 g/mol. The Kier molecular flexibility index (Phi) is 8.18. The number of carbonyl (C=O) groups is 1. The summed E-state index contributed by atoms with van der Waals surface area (Å²) < 4.78 is 12.1. The number of nitrogens with zero attached hydrogens (tertiary/aromatic N) is 1. The number of hydrogen-bond acceptors (Lipinski definition) is 4. The smallest absolute Gasteiger partial charge is 0.336 e. The highest BCUT2D eigenvalue weighted by Gasteiger charge is 2.32. The lowest BCUT2D eigenvalue weighted by Crippen LogP contribution is -2.52. The Morgan fingerprint density at radius 3 is 2.70 bits per heavy atom. The van der Waals surface area contributed by atoms with Gasteiger partial charge in [-0.05, 0) is 67.0 Å². The molecule has 1 heterocycles. The van der Waals surface area contributed by atoms with Crippen molar-refractivity contribution in [2.75, 3.05) is 26.3 Å². The molecule has 1 N–H and O–H groups in total. The molecule has 0 bridgehead atoms. The van der Waals surface area contributed by atoms with E-state index in [4.69, 9.17) is 9.47 Å². The molecule has 2 aromatic rings. The van der Waals surface area contributed by atoms with Gasteiger partial charge in [-0.1, -0.05) is 49.6 Å². The van der Waals surface area contributed by atoms with E-state index in [2.05, 4.69) is 11.8 Å². The number of aryl methyl sites for hydroxylation is 1. The molecular weight excluding hydrogens is 414 g/mol. The number of carboxylic acid groups (broad SMARTS) is 1. The number of morpholine rings is 1. The van der Waals surface area contributed by atoms with Gasteiger partial charge in [0.25, 0.3) is 0 Å². The Morgan fingerprint density at radius 1 is 1.15 bits per heavy atom. The number of hydrogen-bond donors (Lipinski definition) is 1. The van der Waals surface area contributed by atoms with Crippen LogP contribution in [0.15, 0.2) is 42.5 Å². The fraction of sp³-hybridized carbons (Fsp3) is 0.536. The molecule has 33 heavy (non-hydrogen) atoms. The Balaban J connectivity index is 1.41. The summed E-state index contributed by atoms with van der Waals surface area (Å²) in [5.41, 5.74) is 4.08. The Morgan fingerprint density at radius 2 is 1.94 bits per heavy atom. The van der Waals surface area contributed by atoms with Crippen LogP contribution in [-0.2, 0) is 16.1 Å². The van der Waals surface area contributed by atoms with Crippen LogP contribution >= 0.6 is 0 Å². The topological polar surface area (TPSA) is 59.0 Å². The van der Waals surface area contributed by atoms with E-state index >= 15 is 0 Å². The number of rotatable bonds is 8. The van der Waals surface area contributed by atoms with Crippen LogP contribution < -0.4 is 0 Å². The van der Waals surface area contributed by atoms with Crippen molar-refractivity contribution in [3.05, 3.63) is 59.2 Å². The van der Waals surface area contributed by atoms with E-state index in [0.29, 0.717) is 18.2 Å². The highest BCUT2D eigenvalue weighted by molar-refractivity contribution is 5.96. The van der Waals surface area contributed by atoms with E-state index in [1.165, 1.54) is 32.1 Å². The molecule has 2 aromatic carbocycles. The first-order valence-electron chi connectivity index (χ1n) is 12.4. The molecule has 2 atom stereocenters. The van der Waals surface area contributed by atoms with Crippen LogP contribution in [0.1, 0.15) is 60.5 Å². The first-order chi connectivity index (χ1) is 16.0. The van der Waals surface area contributed by atoms with Gasteiger partial charge in [-0.3, -0.25) is 4.90 Å². The summed E-state index contributed by atoms with van der Waals surface area (Å²) in [6, 6.07) is 14.0. The summed E-state index contributed by atoms with van der Waals surface area (Å²) in [6.45, 7) is 8.14. The molecule has 2 unspecified atom stereocenters. The van der Waals surface area contributed by atoms with Gasteiger partial charge in [-0.15, -0.1) is 0 Å². The summed E-state index contributed by atoms with van der Waals surface area (Å²) >= 11 is 0. The predicted molar refractivity (Wildman–Crippen MR) is 131 cm³/mol. The Labute approximate surface area is 197 Å². The van der Waals surface area contributed by atoms with Crippen molar-refractivity contribution < 1.29 is 19.4 Å². The fourth-order valence-corrected chi connectivity index (χ4v) is 5.42. The normalized spacial score (nSPS) is 21.1. The maximum Gasteiger partial charge on any atom is 0.336 e. The third-order valence-electron chi connectivity index (χ3n) is 7.25. The molecule has 1 saturated heterocycles. The van der Waals surface area contributed by atoms with Crippen LogP contribution in [0.3, 0.4) is 0 Å². The van der Waals surface area contributed by atoms with Crippen molar-refractivity contribution in [1.82, 2.24) is 4.90 Å².